The van der Waals surface area contributed by atoms with E-state index in [4.69, 9.17) is 17.2 Å². The monoisotopic (exact) mass is 543 g/mol. The maximum Gasteiger partial charge on any atom is 0.0486 e. The molecule has 0 aliphatic carbocycles. The molecule has 7 rings (SSSR count). The topological polar surface area (TPSA) is 78.1 Å². The number of aryl methyl sites for hydroxylation is 3. The van der Waals surface area contributed by atoms with Crippen LogP contribution >= 0.6 is 0 Å². The highest BCUT2D eigenvalue weighted by atomic mass is 14.6. The summed E-state index contributed by atoms with van der Waals surface area (Å²) in [7, 11) is 0. The van der Waals surface area contributed by atoms with E-state index >= 15 is 0 Å². The average molecular weight is 544 g/mol. The minimum Gasteiger partial charge on any atom is -0.399 e. The largest absolute Gasteiger partial charge is 0.399 e. The van der Waals surface area contributed by atoms with E-state index in [1.165, 1.54) is 16.7 Å². The fourth-order valence-electron chi connectivity index (χ4n) is 6.36. The Morgan fingerprint density at radius 2 is 0.762 bits per heavy atom. The zero-order chi connectivity index (χ0) is 29.1. The molecule has 7 aromatic carbocycles. The summed E-state index contributed by atoms with van der Waals surface area (Å²) in [4.78, 5) is 0. The van der Waals surface area contributed by atoms with Crippen LogP contribution in [0.3, 0.4) is 0 Å². The maximum atomic E-state index is 7.40. The van der Waals surface area contributed by atoms with Crippen LogP contribution in [0.25, 0.3) is 65.7 Å². The van der Waals surface area contributed by atoms with E-state index in [1.54, 1.807) is 0 Å². The van der Waals surface area contributed by atoms with Gasteiger partial charge in [0.15, 0.2) is 0 Å². The van der Waals surface area contributed by atoms with Gasteiger partial charge in [-0.2, -0.15) is 0 Å². The Bertz CT molecular complexity index is 2160. The summed E-state index contributed by atoms with van der Waals surface area (Å²) in [5, 5.41) is 6.64. The Balaban J connectivity index is 1.84. The van der Waals surface area contributed by atoms with E-state index in [0.717, 1.165) is 77.1 Å². The van der Waals surface area contributed by atoms with Gasteiger partial charge in [0.2, 0.25) is 0 Å². The quantitative estimate of drug-likeness (QED) is 0.153. The molecule has 42 heavy (non-hydrogen) atoms. The molecule has 7 aromatic rings. The molecule has 0 amide bonds. The number of nitrogens with two attached hydrogens (primary N) is 3. The number of nitrogen functional groups attached to an aromatic ring is 3. The molecule has 0 unspecified atom stereocenters. The van der Waals surface area contributed by atoms with E-state index in [0.29, 0.717) is 5.69 Å². The maximum absolute atomic E-state index is 7.40. The zero-order valence-electron chi connectivity index (χ0n) is 24.1. The molecule has 3 nitrogen and oxygen atoms in total. The number of hydrogen-bond donors (Lipinski definition) is 3. The Hall–Kier alpha value is -5.28. The molecule has 204 valence electrons. The van der Waals surface area contributed by atoms with Crippen LogP contribution in [0.5, 0.6) is 0 Å². The first-order valence-electron chi connectivity index (χ1n) is 14.3. The van der Waals surface area contributed by atoms with Crippen molar-refractivity contribution in [3.8, 4) is 33.4 Å². The predicted molar refractivity (Wildman–Crippen MR) is 183 cm³/mol. The summed E-state index contributed by atoms with van der Waals surface area (Å²) >= 11 is 0. The number of fused-ring (bicyclic) bond motifs is 6. The van der Waals surface area contributed by atoms with Crippen LogP contribution in [-0.4, -0.2) is 0 Å². The summed E-state index contributed by atoms with van der Waals surface area (Å²) in [6.07, 6.45) is 0. The molecule has 0 saturated heterocycles. The molecule has 6 N–H and O–H groups in total. The molecular weight excluding hydrogens is 510 g/mol. The third-order valence-corrected chi connectivity index (χ3v) is 8.48. The van der Waals surface area contributed by atoms with E-state index < -0.39 is 0 Å². The van der Waals surface area contributed by atoms with Crippen molar-refractivity contribution in [1.82, 2.24) is 0 Å². The summed E-state index contributed by atoms with van der Waals surface area (Å²) in [5.41, 5.74) is 32.5. The predicted octanol–water partition coefficient (Wildman–Crippen LogP) is 9.82. The van der Waals surface area contributed by atoms with Gasteiger partial charge in [0.25, 0.3) is 0 Å². The van der Waals surface area contributed by atoms with Crippen LogP contribution in [0, 0.1) is 20.8 Å². The lowest BCUT2D eigenvalue weighted by Crippen LogP contribution is -2.01. The van der Waals surface area contributed by atoms with E-state index in [-0.39, 0.29) is 0 Å². The van der Waals surface area contributed by atoms with Crippen molar-refractivity contribution in [2.24, 2.45) is 0 Å². The van der Waals surface area contributed by atoms with Gasteiger partial charge in [-0.1, -0.05) is 102 Å². The number of benzene rings is 7. The van der Waals surface area contributed by atoms with Gasteiger partial charge < -0.3 is 17.2 Å². The van der Waals surface area contributed by atoms with Crippen LogP contribution in [-0.2, 0) is 0 Å². The van der Waals surface area contributed by atoms with Crippen molar-refractivity contribution < 1.29 is 0 Å². The lowest BCUT2D eigenvalue weighted by molar-refractivity contribution is 1.46. The molecule has 0 aliphatic rings. The molecule has 0 aromatic heterocycles. The number of anilines is 3. The minimum absolute atomic E-state index is 0.715. The van der Waals surface area contributed by atoms with Gasteiger partial charge in [0.1, 0.15) is 0 Å². The molecule has 0 bridgehead atoms. The third kappa shape index (κ3) is 4.05. The first kappa shape index (κ1) is 25.7. The van der Waals surface area contributed by atoms with Crippen LogP contribution in [0.2, 0.25) is 0 Å². The van der Waals surface area contributed by atoms with Crippen molar-refractivity contribution in [3.05, 3.63) is 126 Å². The van der Waals surface area contributed by atoms with Crippen LogP contribution in [0.1, 0.15) is 16.7 Å². The number of rotatable bonds is 3. The highest BCUT2D eigenvalue weighted by Gasteiger charge is 2.25. The molecule has 0 saturated carbocycles. The Morgan fingerprint density at radius 3 is 1.29 bits per heavy atom. The molecule has 0 fully saturated rings. The molecule has 0 atom stereocenters. The lowest BCUT2D eigenvalue weighted by atomic mass is 9.80. The second kappa shape index (κ2) is 9.67. The fourth-order valence-corrected chi connectivity index (χ4v) is 6.36. The average Bonchev–Trinajstić information content (AvgIpc) is 2.98. The Morgan fingerprint density at radius 1 is 0.357 bits per heavy atom. The highest BCUT2D eigenvalue weighted by Crippen LogP contribution is 2.53. The summed E-state index contributed by atoms with van der Waals surface area (Å²) in [6, 6.07) is 38.5. The minimum atomic E-state index is 0.715. The first-order valence-corrected chi connectivity index (χ1v) is 14.3. The van der Waals surface area contributed by atoms with Crippen LogP contribution in [0.4, 0.5) is 17.1 Å². The van der Waals surface area contributed by atoms with E-state index in [9.17, 15) is 0 Å². The van der Waals surface area contributed by atoms with Crippen molar-refractivity contribution in [3.63, 3.8) is 0 Å². The summed E-state index contributed by atoms with van der Waals surface area (Å²) < 4.78 is 0. The molecule has 0 heterocycles. The van der Waals surface area contributed by atoms with Gasteiger partial charge in [0.05, 0.1) is 0 Å². The van der Waals surface area contributed by atoms with Crippen molar-refractivity contribution in [2.75, 3.05) is 17.2 Å². The van der Waals surface area contributed by atoms with E-state index in [1.807, 2.05) is 12.1 Å². The van der Waals surface area contributed by atoms with Gasteiger partial charge in [-0.15, -0.1) is 0 Å². The summed E-state index contributed by atoms with van der Waals surface area (Å²) in [5.74, 6) is 0. The second-order valence-corrected chi connectivity index (χ2v) is 11.5. The smallest absolute Gasteiger partial charge is 0.0486 e. The SMILES string of the molecule is Cc1ccc(-c2c(N)c(-c3ccc(C)cc3)c3c4ccc(N)cc4c4ccc(N)cc4c3c2-c2ccc(C)cc2)cc1. The van der Waals surface area contributed by atoms with Crippen molar-refractivity contribution in [2.45, 2.75) is 20.8 Å². The lowest BCUT2D eigenvalue weighted by Gasteiger charge is -2.24. The van der Waals surface area contributed by atoms with Gasteiger partial charge in [0, 0.05) is 39.1 Å². The van der Waals surface area contributed by atoms with Crippen molar-refractivity contribution in [1.29, 1.82) is 0 Å². The first-order chi connectivity index (χ1) is 20.3. The third-order valence-electron chi connectivity index (χ3n) is 8.48. The van der Waals surface area contributed by atoms with Gasteiger partial charge >= 0.3 is 0 Å². The fraction of sp³-hybridized carbons (Fsp3) is 0.0769. The molecule has 0 aliphatic heterocycles. The van der Waals surface area contributed by atoms with Gasteiger partial charge in [-0.3, -0.25) is 0 Å². The normalized spacial score (nSPS) is 11.5. The van der Waals surface area contributed by atoms with Gasteiger partial charge in [-0.25, -0.2) is 0 Å². The van der Waals surface area contributed by atoms with Gasteiger partial charge in [-0.05, 0) is 88.7 Å². The molecular formula is C39H33N3. The molecule has 3 heteroatoms. The van der Waals surface area contributed by atoms with Crippen LogP contribution < -0.4 is 17.2 Å². The summed E-state index contributed by atoms with van der Waals surface area (Å²) in [6.45, 7) is 6.34. The second-order valence-electron chi connectivity index (χ2n) is 11.5. The number of hydrogen-bond acceptors (Lipinski definition) is 3. The standard InChI is InChI=1S/C39H33N3/c1-22-4-10-25(11-5-22)34-35(26-12-6-23(2)7-13-26)39(42)36(27-14-8-24(3)9-15-27)37-31-19-17-28(40)20-32(31)30-18-16-29(41)21-33(30)38(34)37/h4-21H,40-42H2,1-3H3. The molecule has 0 radical (unpaired) electrons. The van der Waals surface area contributed by atoms with Crippen LogP contribution in [0.15, 0.2) is 109 Å². The van der Waals surface area contributed by atoms with E-state index in [2.05, 4.69) is 118 Å². The highest BCUT2D eigenvalue weighted by molar-refractivity contribution is 6.35. The zero-order valence-corrected chi connectivity index (χ0v) is 24.1. The molecule has 0 spiro atoms. The Labute approximate surface area is 246 Å². The van der Waals surface area contributed by atoms with Crippen molar-refractivity contribution >= 4 is 49.4 Å². The Kier molecular flexibility index (Phi) is 5.91.